The predicted molar refractivity (Wildman–Crippen MR) is 72.9 cm³/mol. The number of hydroxylamine groups is 2. The van der Waals surface area contributed by atoms with Crippen LogP contribution >= 0.6 is 0 Å². The van der Waals surface area contributed by atoms with E-state index in [0.717, 1.165) is 0 Å². The van der Waals surface area contributed by atoms with E-state index in [1.165, 1.54) is 13.8 Å². The summed E-state index contributed by atoms with van der Waals surface area (Å²) in [5, 5.41) is 0.520. The molecule has 21 heavy (non-hydrogen) atoms. The maximum absolute atomic E-state index is 12.0. The molecule has 0 radical (unpaired) electrons. The average molecular weight is 301 g/mol. The summed E-state index contributed by atoms with van der Waals surface area (Å²) in [6, 6.07) is 0. The van der Waals surface area contributed by atoms with Crippen molar-refractivity contribution < 1.29 is 28.7 Å². The lowest BCUT2D eigenvalue weighted by Gasteiger charge is -2.28. The second kappa shape index (κ2) is 6.53. The third kappa shape index (κ3) is 4.78. The largest absolute Gasteiger partial charge is 0.379 e. The van der Waals surface area contributed by atoms with E-state index < -0.39 is 23.4 Å². The summed E-state index contributed by atoms with van der Waals surface area (Å²) in [6.07, 6.45) is 0.715. The maximum atomic E-state index is 12.0. The number of carbonyl (C=O) groups excluding carboxylic acids is 3. The van der Waals surface area contributed by atoms with E-state index in [9.17, 15) is 14.4 Å². The van der Waals surface area contributed by atoms with Gasteiger partial charge < -0.3 is 14.3 Å². The molecule has 7 heteroatoms. The number of rotatable bonds is 7. The van der Waals surface area contributed by atoms with Crippen molar-refractivity contribution in [3.05, 3.63) is 0 Å². The third-order valence-corrected chi connectivity index (χ3v) is 3.39. The highest BCUT2D eigenvalue weighted by molar-refractivity contribution is 6.01. The zero-order valence-electron chi connectivity index (χ0n) is 13.2. The molecule has 0 aromatic carbocycles. The molecule has 0 N–H and O–H groups in total. The van der Waals surface area contributed by atoms with Crippen LogP contribution in [0.4, 0.5) is 0 Å². The van der Waals surface area contributed by atoms with Gasteiger partial charge in [0.25, 0.3) is 11.8 Å². The number of ether oxygens (including phenoxy) is 2. The SMILES string of the molecule is COC(C)(C)CCOC(C)(C)C(=O)ON1C(=O)CCC1=O. The molecule has 0 bridgehead atoms. The van der Waals surface area contributed by atoms with Gasteiger partial charge in [0.15, 0.2) is 5.60 Å². The molecular formula is C14H23NO6. The minimum absolute atomic E-state index is 0.0649. The molecule has 1 aliphatic heterocycles. The van der Waals surface area contributed by atoms with Crippen LogP contribution in [0.2, 0.25) is 0 Å². The van der Waals surface area contributed by atoms with Crippen molar-refractivity contribution in [3.8, 4) is 0 Å². The van der Waals surface area contributed by atoms with Crippen LogP contribution in [0.25, 0.3) is 0 Å². The predicted octanol–water partition coefficient (Wildman–Crippen LogP) is 1.20. The second-order valence-electron chi connectivity index (χ2n) is 6.03. The van der Waals surface area contributed by atoms with E-state index in [0.29, 0.717) is 11.5 Å². The molecule has 0 aromatic heterocycles. The standard InChI is InChI=1S/C14H23NO6/c1-13(2,19-5)8-9-20-14(3,4)12(18)21-15-10(16)6-7-11(15)17/h6-9H2,1-5H3. The van der Waals surface area contributed by atoms with Crippen LogP contribution in [0.1, 0.15) is 47.0 Å². The molecule has 2 amide bonds. The molecule has 0 spiro atoms. The lowest BCUT2D eigenvalue weighted by Crippen LogP contribution is -2.43. The van der Waals surface area contributed by atoms with Crippen molar-refractivity contribution >= 4 is 17.8 Å². The smallest absolute Gasteiger partial charge is 0.364 e. The Labute approximate surface area is 124 Å². The zero-order valence-corrected chi connectivity index (χ0v) is 13.2. The van der Waals surface area contributed by atoms with E-state index in [4.69, 9.17) is 14.3 Å². The molecule has 0 unspecified atom stereocenters. The Bertz CT molecular complexity index is 413. The summed E-state index contributed by atoms with van der Waals surface area (Å²) < 4.78 is 10.8. The molecule has 7 nitrogen and oxygen atoms in total. The van der Waals surface area contributed by atoms with Crippen LogP contribution in [-0.4, -0.2) is 47.8 Å². The molecule has 0 aromatic rings. The number of amides is 2. The van der Waals surface area contributed by atoms with E-state index in [-0.39, 0.29) is 25.0 Å². The highest BCUT2D eigenvalue weighted by Gasteiger charge is 2.38. The minimum Gasteiger partial charge on any atom is -0.379 e. The topological polar surface area (TPSA) is 82.1 Å². The van der Waals surface area contributed by atoms with Gasteiger partial charge in [-0.1, -0.05) is 0 Å². The first-order valence-corrected chi connectivity index (χ1v) is 6.86. The Balaban J connectivity index is 2.51. The summed E-state index contributed by atoms with van der Waals surface area (Å²) in [6.45, 7) is 7.15. The van der Waals surface area contributed by atoms with Crippen molar-refractivity contribution in [1.29, 1.82) is 0 Å². The summed E-state index contributed by atoms with van der Waals surface area (Å²) in [7, 11) is 1.60. The molecule has 0 aliphatic carbocycles. The molecule has 1 aliphatic rings. The summed E-state index contributed by atoms with van der Waals surface area (Å²) in [4.78, 5) is 39.7. The number of imide groups is 1. The Morgan fingerprint density at radius 3 is 2.14 bits per heavy atom. The van der Waals surface area contributed by atoms with Crippen LogP contribution in [0.5, 0.6) is 0 Å². The van der Waals surface area contributed by atoms with Gasteiger partial charge in [-0.15, -0.1) is 5.06 Å². The third-order valence-electron chi connectivity index (χ3n) is 3.39. The minimum atomic E-state index is -1.26. The maximum Gasteiger partial charge on any atom is 0.364 e. The van der Waals surface area contributed by atoms with Gasteiger partial charge in [-0.05, 0) is 34.1 Å². The highest BCUT2D eigenvalue weighted by Crippen LogP contribution is 2.20. The van der Waals surface area contributed by atoms with E-state index >= 15 is 0 Å². The van der Waals surface area contributed by atoms with Crippen molar-refractivity contribution in [2.75, 3.05) is 13.7 Å². The monoisotopic (exact) mass is 301 g/mol. The van der Waals surface area contributed by atoms with Gasteiger partial charge in [0.05, 0.1) is 12.2 Å². The molecule has 1 fully saturated rings. The molecular weight excluding hydrogens is 278 g/mol. The molecule has 120 valence electrons. The Morgan fingerprint density at radius 2 is 1.67 bits per heavy atom. The fourth-order valence-electron chi connectivity index (χ4n) is 1.56. The second-order valence-corrected chi connectivity index (χ2v) is 6.03. The molecule has 0 atom stereocenters. The van der Waals surface area contributed by atoms with E-state index in [2.05, 4.69) is 0 Å². The first kappa shape index (κ1) is 17.6. The van der Waals surface area contributed by atoms with Crippen molar-refractivity contribution in [3.63, 3.8) is 0 Å². The molecule has 0 saturated carbocycles. The van der Waals surface area contributed by atoms with E-state index in [1.807, 2.05) is 13.8 Å². The Morgan fingerprint density at radius 1 is 1.14 bits per heavy atom. The molecule has 1 saturated heterocycles. The van der Waals surface area contributed by atoms with Crippen LogP contribution in [0.3, 0.4) is 0 Å². The Kier molecular flexibility index (Phi) is 5.47. The number of carbonyl (C=O) groups is 3. The van der Waals surface area contributed by atoms with Gasteiger partial charge in [-0.3, -0.25) is 9.59 Å². The average Bonchev–Trinajstić information content (AvgIpc) is 2.70. The zero-order chi connectivity index (χ0) is 16.3. The summed E-state index contributed by atoms with van der Waals surface area (Å²) in [5.41, 5.74) is -1.62. The van der Waals surface area contributed by atoms with Gasteiger partial charge >= 0.3 is 5.97 Å². The molecule has 1 heterocycles. The fraction of sp³-hybridized carbons (Fsp3) is 0.786. The summed E-state index contributed by atoms with van der Waals surface area (Å²) in [5.74, 6) is -1.80. The number of hydrogen-bond donors (Lipinski definition) is 0. The normalized spacial score (nSPS) is 16.5. The van der Waals surface area contributed by atoms with Crippen LogP contribution in [0, 0.1) is 0 Å². The lowest BCUT2D eigenvalue weighted by molar-refractivity contribution is -0.212. The van der Waals surface area contributed by atoms with E-state index in [1.54, 1.807) is 7.11 Å². The summed E-state index contributed by atoms with van der Waals surface area (Å²) >= 11 is 0. The number of hydrogen-bond acceptors (Lipinski definition) is 6. The highest BCUT2D eigenvalue weighted by atomic mass is 16.7. The van der Waals surface area contributed by atoms with Crippen molar-refractivity contribution in [2.45, 2.75) is 58.2 Å². The van der Waals surface area contributed by atoms with Crippen LogP contribution in [-0.2, 0) is 28.7 Å². The van der Waals surface area contributed by atoms with Gasteiger partial charge in [0.1, 0.15) is 0 Å². The fourth-order valence-corrected chi connectivity index (χ4v) is 1.56. The Hall–Kier alpha value is -1.47. The first-order valence-electron chi connectivity index (χ1n) is 6.86. The van der Waals surface area contributed by atoms with Gasteiger partial charge in [-0.25, -0.2) is 4.79 Å². The van der Waals surface area contributed by atoms with Gasteiger partial charge in [0.2, 0.25) is 0 Å². The van der Waals surface area contributed by atoms with Crippen molar-refractivity contribution in [1.82, 2.24) is 5.06 Å². The van der Waals surface area contributed by atoms with Crippen molar-refractivity contribution in [2.24, 2.45) is 0 Å². The molecule has 1 rings (SSSR count). The van der Waals surface area contributed by atoms with Crippen LogP contribution in [0.15, 0.2) is 0 Å². The van der Waals surface area contributed by atoms with Gasteiger partial charge in [0, 0.05) is 20.0 Å². The lowest BCUT2D eigenvalue weighted by atomic mass is 10.1. The quantitative estimate of drug-likeness (QED) is 0.657. The van der Waals surface area contributed by atoms with Gasteiger partial charge in [-0.2, -0.15) is 0 Å². The number of nitrogens with zero attached hydrogens (tertiary/aromatic N) is 1. The number of methoxy groups -OCH3 is 1. The first-order chi connectivity index (χ1) is 9.59. The van der Waals surface area contributed by atoms with Crippen LogP contribution < -0.4 is 0 Å².